The van der Waals surface area contributed by atoms with Gasteiger partial charge in [-0.05, 0) is 44.1 Å². The Hall–Kier alpha value is -0.570. The van der Waals surface area contributed by atoms with Crippen molar-refractivity contribution in [3.8, 4) is 0 Å². The first-order valence-corrected chi connectivity index (χ1v) is 7.67. The Labute approximate surface area is 111 Å². The third-order valence-corrected chi connectivity index (χ3v) is 4.80. The molecule has 2 rings (SSSR count). The van der Waals surface area contributed by atoms with E-state index in [4.69, 9.17) is 0 Å². The highest BCUT2D eigenvalue weighted by Gasteiger charge is 2.32. The molecule has 0 amide bonds. The Kier molecular flexibility index (Phi) is 5.04. The number of hydrogen-bond acceptors (Lipinski definition) is 2. The van der Waals surface area contributed by atoms with Crippen LogP contribution in [0.3, 0.4) is 0 Å². The summed E-state index contributed by atoms with van der Waals surface area (Å²) in [4.78, 5) is 13.4. The van der Waals surface area contributed by atoms with Crippen LogP contribution in [-0.4, -0.2) is 35.1 Å². The molecule has 1 N–H and O–H groups in total. The van der Waals surface area contributed by atoms with Crippen LogP contribution < -0.4 is 0 Å². The highest BCUT2D eigenvalue weighted by Crippen LogP contribution is 2.33. The average molecular weight is 253 g/mol. The summed E-state index contributed by atoms with van der Waals surface area (Å²) in [5.74, 6) is 1.07. The van der Waals surface area contributed by atoms with Gasteiger partial charge >= 0.3 is 5.97 Å². The van der Waals surface area contributed by atoms with Crippen LogP contribution in [0.4, 0.5) is 0 Å². The molecule has 1 unspecified atom stereocenters. The summed E-state index contributed by atoms with van der Waals surface area (Å²) in [7, 11) is 0. The lowest BCUT2D eigenvalue weighted by Crippen LogP contribution is -2.39. The maximum Gasteiger partial charge on any atom is 0.320 e. The van der Waals surface area contributed by atoms with Gasteiger partial charge in [-0.25, -0.2) is 0 Å². The van der Waals surface area contributed by atoms with Gasteiger partial charge in [0.15, 0.2) is 0 Å². The SMILES string of the molecule is CCCC1CCC(CN2CCCC2C(=O)O)CC1. The minimum absolute atomic E-state index is 0.196. The Balaban J connectivity index is 1.75. The summed E-state index contributed by atoms with van der Waals surface area (Å²) < 4.78 is 0. The van der Waals surface area contributed by atoms with Crippen LogP contribution >= 0.6 is 0 Å². The molecular formula is C15H27NO2. The molecule has 0 radical (unpaired) electrons. The van der Waals surface area contributed by atoms with Crippen LogP contribution in [-0.2, 0) is 4.79 Å². The topological polar surface area (TPSA) is 40.5 Å². The Morgan fingerprint density at radius 2 is 1.83 bits per heavy atom. The summed E-state index contributed by atoms with van der Waals surface area (Å²) in [6.07, 6.45) is 9.95. The van der Waals surface area contributed by atoms with E-state index < -0.39 is 5.97 Å². The van der Waals surface area contributed by atoms with Crippen LogP contribution in [0.5, 0.6) is 0 Å². The van der Waals surface area contributed by atoms with Crippen molar-refractivity contribution in [2.45, 2.75) is 64.3 Å². The van der Waals surface area contributed by atoms with Crippen LogP contribution in [0.1, 0.15) is 58.3 Å². The first-order valence-electron chi connectivity index (χ1n) is 7.67. The highest BCUT2D eigenvalue weighted by atomic mass is 16.4. The predicted octanol–water partition coefficient (Wildman–Crippen LogP) is 3.14. The second-order valence-corrected chi connectivity index (χ2v) is 6.17. The van der Waals surface area contributed by atoms with Crippen molar-refractivity contribution < 1.29 is 9.90 Å². The van der Waals surface area contributed by atoms with Crippen LogP contribution in [0.2, 0.25) is 0 Å². The van der Waals surface area contributed by atoms with Crippen molar-refractivity contribution in [3.63, 3.8) is 0 Å². The van der Waals surface area contributed by atoms with Crippen LogP contribution in [0, 0.1) is 11.8 Å². The van der Waals surface area contributed by atoms with Crippen molar-refractivity contribution in [2.75, 3.05) is 13.1 Å². The number of carbonyl (C=O) groups is 1. The van der Waals surface area contributed by atoms with E-state index in [2.05, 4.69) is 11.8 Å². The van der Waals surface area contributed by atoms with E-state index in [0.29, 0.717) is 0 Å². The second-order valence-electron chi connectivity index (χ2n) is 6.17. The number of carboxylic acids is 1. The van der Waals surface area contributed by atoms with E-state index >= 15 is 0 Å². The molecule has 18 heavy (non-hydrogen) atoms. The van der Waals surface area contributed by atoms with Gasteiger partial charge in [0, 0.05) is 6.54 Å². The van der Waals surface area contributed by atoms with Crippen molar-refractivity contribution in [1.82, 2.24) is 4.90 Å². The molecule has 2 fully saturated rings. The fourth-order valence-corrected chi connectivity index (χ4v) is 3.77. The molecule has 1 atom stereocenters. The Bertz CT molecular complexity index is 272. The zero-order valence-corrected chi connectivity index (χ0v) is 11.6. The van der Waals surface area contributed by atoms with E-state index in [1.54, 1.807) is 0 Å². The van der Waals surface area contributed by atoms with Crippen molar-refractivity contribution in [3.05, 3.63) is 0 Å². The Morgan fingerprint density at radius 1 is 1.17 bits per heavy atom. The molecule has 104 valence electrons. The zero-order valence-electron chi connectivity index (χ0n) is 11.6. The first kappa shape index (κ1) is 13.9. The first-order chi connectivity index (χ1) is 8.70. The second kappa shape index (κ2) is 6.55. The fourth-order valence-electron chi connectivity index (χ4n) is 3.77. The largest absolute Gasteiger partial charge is 0.480 e. The standard InChI is InChI=1S/C15H27NO2/c1-2-4-12-6-8-13(9-7-12)11-16-10-3-5-14(16)15(17)18/h12-14H,2-11H2,1H3,(H,17,18). The summed E-state index contributed by atoms with van der Waals surface area (Å²) >= 11 is 0. The van der Waals surface area contributed by atoms with Gasteiger partial charge in [0.05, 0.1) is 0 Å². The predicted molar refractivity (Wildman–Crippen MR) is 72.6 cm³/mol. The molecular weight excluding hydrogens is 226 g/mol. The number of hydrogen-bond donors (Lipinski definition) is 1. The molecule has 0 spiro atoms. The van der Waals surface area contributed by atoms with E-state index in [0.717, 1.165) is 37.8 Å². The monoisotopic (exact) mass is 253 g/mol. The lowest BCUT2D eigenvalue weighted by atomic mass is 9.80. The lowest BCUT2D eigenvalue weighted by Gasteiger charge is -2.32. The quantitative estimate of drug-likeness (QED) is 0.818. The van der Waals surface area contributed by atoms with Crippen molar-refractivity contribution in [2.24, 2.45) is 11.8 Å². The molecule has 1 aliphatic heterocycles. The van der Waals surface area contributed by atoms with E-state index in [1.165, 1.54) is 38.5 Å². The van der Waals surface area contributed by atoms with Crippen molar-refractivity contribution in [1.29, 1.82) is 0 Å². The maximum atomic E-state index is 11.1. The van der Waals surface area contributed by atoms with Gasteiger partial charge in [0.25, 0.3) is 0 Å². The van der Waals surface area contributed by atoms with E-state index in [1.807, 2.05) is 0 Å². The molecule has 1 saturated heterocycles. The molecule has 1 saturated carbocycles. The summed E-state index contributed by atoms with van der Waals surface area (Å²) in [6.45, 7) is 4.29. The van der Waals surface area contributed by atoms with Crippen LogP contribution in [0.25, 0.3) is 0 Å². The van der Waals surface area contributed by atoms with Gasteiger partial charge in [0.2, 0.25) is 0 Å². The normalized spacial score (nSPS) is 33.7. The van der Waals surface area contributed by atoms with Gasteiger partial charge < -0.3 is 5.11 Å². The number of likely N-dealkylation sites (tertiary alicyclic amines) is 1. The molecule has 0 aromatic heterocycles. The zero-order chi connectivity index (χ0) is 13.0. The third-order valence-electron chi connectivity index (χ3n) is 4.80. The molecule has 1 aliphatic carbocycles. The maximum absolute atomic E-state index is 11.1. The van der Waals surface area contributed by atoms with Gasteiger partial charge in [-0.15, -0.1) is 0 Å². The van der Waals surface area contributed by atoms with Gasteiger partial charge in [-0.3, -0.25) is 9.69 Å². The average Bonchev–Trinajstić information content (AvgIpc) is 2.80. The summed E-state index contributed by atoms with van der Waals surface area (Å²) in [6, 6.07) is -0.196. The van der Waals surface area contributed by atoms with Gasteiger partial charge in [0.1, 0.15) is 6.04 Å². The highest BCUT2D eigenvalue weighted by molar-refractivity contribution is 5.73. The fraction of sp³-hybridized carbons (Fsp3) is 0.933. The van der Waals surface area contributed by atoms with Gasteiger partial charge in [-0.1, -0.05) is 32.6 Å². The number of nitrogens with zero attached hydrogens (tertiary/aromatic N) is 1. The summed E-state index contributed by atoms with van der Waals surface area (Å²) in [5, 5.41) is 9.18. The van der Waals surface area contributed by atoms with Crippen LogP contribution in [0.15, 0.2) is 0 Å². The smallest absolute Gasteiger partial charge is 0.320 e. The van der Waals surface area contributed by atoms with E-state index in [9.17, 15) is 9.90 Å². The molecule has 1 heterocycles. The Morgan fingerprint density at radius 3 is 2.44 bits per heavy atom. The molecule has 2 aliphatic rings. The minimum Gasteiger partial charge on any atom is -0.480 e. The molecule has 0 aromatic carbocycles. The molecule has 3 heteroatoms. The van der Waals surface area contributed by atoms with Crippen molar-refractivity contribution >= 4 is 5.97 Å². The minimum atomic E-state index is -0.618. The number of carboxylic acid groups (broad SMARTS) is 1. The van der Waals surface area contributed by atoms with Gasteiger partial charge in [-0.2, -0.15) is 0 Å². The molecule has 0 aromatic rings. The number of aliphatic carboxylic acids is 1. The van der Waals surface area contributed by atoms with E-state index in [-0.39, 0.29) is 6.04 Å². The third kappa shape index (κ3) is 3.47. The summed E-state index contributed by atoms with van der Waals surface area (Å²) in [5.41, 5.74) is 0. The number of rotatable bonds is 5. The molecule has 3 nitrogen and oxygen atoms in total. The lowest BCUT2D eigenvalue weighted by molar-refractivity contribution is -0.142. The molecule has 0 bridgehead atoms.